The van der Waals surface area contributed by atoms with E-state index in [9.17, 15) is 22.8 Å². The molecule has 0 bridgehead atoms. The molecule has 0 aromatic heterocycles. The molecule has 0 spiro atoms. The molecule has 0 amide bonds. The van der Waals surface area contributed by atoms with Crippen LogP contribution in [0.3, 0.4) is 0 Å². The molecule has 0 fully saturated rings. The molecule has 0 radical (unpaired) electrons. The van der Waals surface area contributed by atoms with Gasteiger partial charge in [0, 0.05) is 5.69 Å². The van der Waals surface area contributed by atoms with E-state index >= 15 is 0 Å². The van der Waals surface area contributed by atoms with E-state index in [2.05, 4.69) is 10.1 Å². The standard InChI is InChI=1S/C23H20F3NO4S/c1-3-31-22(29)16-18(23(24,25)26)17(21(28)30-2)20(27-15-12-8-5-9-13-15)32-19(16)14-10-6-4-7-11-14/h4-13,19,27H,3H2,1-2H3. The molecular weight excluding hydrogens is 443 g/mol. The van der Waals surface area contributed by atoms with Crippen LogP contribution in [0.1, 0.15) is 17.7 Å². The molecule has 9 heteroatoms. The number of rotatable bonds is 6. The maximum Gasteiger partial charge on any atom is 0.417 e. The molecule has 168 valence electrons. The first-order chi connectivity index (χ1) is 15.3. The zero-order valence-corrected chi connectivity index (χ0v) is 18.0. The van der Waals surface area contributed by atoms with Crippen molar-refractivity contribution < 1.29 is 32.2 Å². The molecule has 1 N–H and O–H groups in total. The molecule has 5 nitrogen and oxygen atoms in total. The summed E-state index contributed by atoms with van der Waals surface area (Å²) in [6.07, 6.45) is -5.02. The van der Waals surface area contributed by atoms with E-state index in [0.717, 1.165) is 18.9 Å². The Bertz CT molecular complexity index is 1050. The fraction of sp³-hybridized carbons (Fsp3) is 0.217. The van der Waals surface area contributed by atoms with Gasteiger partial charge in [-0.15, -0.1) is 0 Å². The molecule has 1 heterocycles. The predicted molar refractivity (Wildman–Crippen MR) is 116 cm³/mol. The number of carbonyl (C=O) groups is 2. The molecule has 32 heavy (non-hydrogen) atoms. The number of ether oxygens (including phenoxy) is 2. The maximum atomic E-state index is 14.4. The third-order valence-electron chi connectivity index (χ3n) is 4.55. The summed E-state index contributed by atoms with van der Waals surface area (Å²) in [5.41, 5.74) is -1.84. The number of para-hydroxylation sites is 1. The summed E-state index contributed by atoms with van der Waals surface area (Å²) >= 11 is 0.922. The molecule has 1 unspecified atom stereocenters. The summed E-state index contributed by atoms with van der Waals surface area (Å²) in [5, 5.41) is 1.76. The average molecular weight is 463 g/mol. The first-order valence-electron chi connectivity index (χ1n) is 9.63. The number of carbonyl (C=O) groups excluding carboxylic acids is 2. The van der Waals surface area contributed by atoms with Crippen LogP contribution in [0.25, 0.3) is 0 Å². The SMILES string of the molecule is CCOC(=O)C1=C(C(F)(F)F)C(C(=O)OC)=C(Nc2ccccc2)SC1c1ccccc1. The van der Waals surface area contributed by atoms with Gasteiger partial charge in [0.25, 0.3) is 0 Å². The zero-order chi connectivity index (χ0) is 23.3. The highest BCUT2D eigenvalue weighted by Gasteiger charge is 2.49. The van der Waals surface area contributed by atoms with E-state index in [-0.39, 0.29) is 11.6 Å². The summed E-state index contributed by atoms with van der Waals surface area (Å²) in [6, 6.07) is 16.7. The quantitative estimate of drug-likeness (QED) is 0.580. The fourth-order valence-corrected chi connectivity index (χ4v) is 4.57. The predicted octanol–water partition coefficient (Wildman–Crippen LogP) is 5.39. The normalized spacial score (nSPS) is 16.6. The van der Waals surface area contributed by atoms with Crippen molar-refractivity contribution in [3.63, 3.8) is 0 Å². The summed E-state index contributed by atoms with van der Waals surface area (Å²) in [6.45, 7) is 1.38. The van der Waals surface area contributed by atoms with Crippen LogP contribution in [0.15, 0.2) is 82.4 Å². The van der Waals surface area contributed by atoms with E-state index in [1.54, 1.807) is 60.7 Å². The van der Waals surface area contributed by atoms with Crippen LogP contribution < -0.4 is 5.32 Å². The molecule has 1 aliphatic rings. The first-order valence-corrected chi connectivity index (χ1v) is 10.5. The Hall–Kier alpha value is -3.20. The van der Waals surface area contributed by atoms with E-state index in [1.807, 2.05) is 0 Å². The second-order valence-electron chi connectivity index (χ2n) is 6.60. The number of nitrogens with one attached hydrogen (secondary N) is 1. The Kier molecular flexibility index (Phi) is 7.29. The molecule has 0 saturated carbocycles. The van der Waals surface area contributed by atoms with Gasteiger partial charge in [0.05, 0.1) is 35.1 Å². The summed E-state index contributed by atoms with van der Waals surface area (Å²) in [5.74, 6) is -2.35. The van der Waals surface area contributed by atoms with Crippen molar-refractivity contribution in [2.24, 2.45) is 0 Å². The summed E-state index contributed by atoms with van der Waals surface area (Å²) in [7, 11) is 0.988. The largest absolute Gasteiger partial charge is 0.465 e. The second kappa shape index (κ2) is 9.95. The number of alkyl halides is 3. The minimum atomic E-state index is -5.02. The van der Waals surface area contributed by atoms with Crippen LogP contribution in [-0.4, -0.2) is 31.8 Å². The highest BCUT2D eigenvalue weighted by Crippen LogP contribution is 2.52. The van der Waals surface area contributed by atoms with Crippen LogP contribution in [0.2, 0.25) is 0 Å². The molecule has 0 saturated heterocycles. The lowest BCUT2D eigenvalue weighted by Crippen LogP contribution is -2.31. The third kappa shape index (κ3) is 4.99. The van der Waals surface area contributed by atoms with Crippen molar-refractivity contribution in [2.75, 3.05) is 19.0 Å². The highest BCUT2D eigenvalue weighted by atomic mass is 32.2. The zero-order valence-electron chi connectivity index (χ0n) is 17.2. The van der Waals surface area contributed by atoms with Gasteiger partial charge in [-0.25, -0.2) is 9.59 Å². The smallest absolute Gasteiger partial charge is 0.417 e. The van der Waals surface area contributed by atoms with Gasteiger partial charge in [0.1, 0.15) is 5.57 Å². The van der Waals surface area contributed by atoms with Gasteiger partial charge >= 0.3 is 18.1 Å². The van der Waals surface area contributed by atoms with Gasteiger partial charge in [-0.1, -0.05) is 60.3 Å². The first kappa shape index (κ1) is 23.5. The van der Waals surface area contributed by atoms with Gasteiger partial charge in [0.2, 0.25) is 0 Å². The fourth-order valence-electron chi connectivity index (χ4n) is 3.23. The Morgan fingerprint density at radius 1 is 1.00 bits per heavy atom. The minimum Gasteiger partial charge on any atom is -0.465 e. The van der Waals surface area contributed by atoms with Gasteiger partial charge in [-0.2, -0.15) is 13.2 Å². The van der Waals surface area contributed by atoms with Crippen LogP contribution in [0, 0.1) is 0 Å². The molecule has 1 atom stereocenters. The number of hydrogen-bond donors (Lipinski definition) is 1. The molecule has 2 aromatic rings. The Morgan fingerprint density at radius 2 is 1.59 bits per heavy atom. The molecule has 0 aliphatic carbocycles. The number of thioether (sulfide) groups is 1. The monoisotopic (exact) mass is 463 g/mol. The van der Waals surface area contributed by atoms with Gasteiger partial charge < -0.3 is 14.8 Å². The molecule has 3 rings (SSSR count). The molecular formula is C23H20F3NO4S. The number of esters is 2. The van der Waals surface area contributed by atoms with E-state index < -0.39 is 40.1 Å². The topological polar surface area (TPSA) is 64.6 Å². The van der Waals surface area contributed by atoms with Crippen LogP contribution in [-0.2, 0) is 19.1 Å². The van der Waals surface area contributed by atoms with Crippen LogP contribution >= 0.6 is 11.8 Å². The van der Waals surface area contributed by atoms with E-state index in [1.165, 1.54) is 6.92 Å². The molecule has 1 aliphatic heterocycles. The number of hydrogen-bond acceptors (Lipinski definition) is 6. The minimum absolute atomic E-state index is 0.0720. The Labute approximate surface area is 187 Å². The van der Waals surface area contributed by atoms with Gasteiger partial charge in [-0.3, -0.25) is 0 Å². The van der Waals surface area contributed by atoms with Crippen LogP contribution in [0.5, 0.6) is 0 Å². The average Bonchev–Trinajstić information content (AvgIpc) is 2.78. The highest BCUT2D eigenvalue weighted by molar-refractivity contribution is 8.03. The van der Waals surface area contributed by atoms with Crippen molar-refractivity contribution in [3.8, 4) is 0 Å². The van der Waals surface area contributed by atoms with Crippen LogP contribution in [0.4, 0.5) is 18.9 Å². The summed E-state index contributed by atoms with van der Waals surface area (Å²) < 4.78 is 52.8. The van der Waals surface area contributed by atoms with Crippen molar-refractivity contribution in [1.29, 1.82) is 0 Å². The lowest BCUT2D eigenvalue weighted by Gasteiger charge is -2.31. The Morgan fingerprint density at radius 3 is 2.12 bits per heavy atom. The van der Waals surface area contributed by atoms with E-state index in [4.69, 9.17) is 4.74 Å². The van der Waals surface area contributed by atoms with Crippen molar-refractivity contribution >= 4 is 29.4 Å². The van der Waals surface area contributed by atoms with Crippen molar-refractivity contribution in [2.45, 2.75) is 18.3 Å². The lowest BCUT2D eigenvalue weighted by molar-refractivity contribution is -0.140. The van der Waals surface area contributed by atoms with Crippen molar-refractivity contribution in [3.05, 3.63) is 88.0 Å². The lowest BCUT2D eigenvalue weighted by atomic mass is 9.93. The van der Waals surface area contributed by atoms with Crippen molar-refractivity contribution in [1.82, 2.24) is 0 Å². The maximum absolute atomic E-state index is 14.4. The number of anilines is 1. The van der Waals surface area contributed by atoms with Gasteiger partial charge in [0.15, 0.2) is 0 Å². The Balaban J connectivity index is 2.32. The number of halogens is 3. The third-order valence-corrected chi connectivity index (χ3v) is 5.83. The number of benzene rings is 2. The van der Waals surface area contributed by atoms with E-state index in [0.29, 0.717) is 11.3 Å². The second-order valence-corrected chi connectivity index (χ2v) is 7.72. The molecule has 2 aromatic carbocycles. The number of methoxy groups -OCH3 is 1. The van der Waals surface area contributed by atoms with Gasteiger partial charge in [-0.05, 0) is 24.6 Å². The summed E-state index contributed by atoms with van der Waals surface area (Å²) in [4.78, 5) is 25.3.